The summed E-state index contributed by atoms with van der Waals surface area (Å²) in [6, 6.07) is 5.11. The van der Waals surface area contributed by atoms with E-state index in [-0.39, 0.29) is 38.3 Å². The van der Waals surface area contributed by atoms with E-state index in [1.807, 2.05) is 0 Å². The summed E-state index contributed by atoms with van der Waals surface area (Å²) in [7, 11) is 0. The molecule has 1 aliphatic rings. The van der Waals surface area contributed by atoms with Gasteiger partial charge in [-0.3, -0.25) is 4.79 Å². The fourth-order valence-corrected chi connectivity index (χ4v) is 2.48. The first-order valence-corrected chi connectivity index (χ1v) is 7.17. The largest absolute Gasteiger partial charge is 0.573 e. The maximum atomic E-state index is 12.2. The highest BCUT2D eigenvalue weighted by molar-refractivity contribution is 5.81. The highest BCUT2D eigenvalue weighted by Crippen LogP contribution is 2.25. The number of carboxylic acids is 1. The molecule has 1 aromatic carbocycles. The van der Waals surface area contributed by atoms with E-state index >= 15 is 0 Å². The van der Waals surface area contributed by atoms with Crippen LogP contribution in [0, 0.1) is 0 Å². The van der Waals surface area contributed by atoms with Gasteiger partial charge in [-0.2, -0.15) is 0 Å². The number of piperidine rings is 1. The standard InChI is InChI=1S/C15H16F3NO5/c16-15(17,18)24-11-3-1-2-10(8-11)9-12(20)19-6-4-14(23,5-7-19)13(21)22/h1-3,8,23H,4-7,9H2,(H,21,22). The van der Waals surface area contributed by atoms with Gasteiger partial charge in [-0.05, 0) is 17.7 Å². The van der Waals surface area contributed by atoms with Crippen molar-refractivity contribution in [3.05, 3.63) is 29.8 Å². The zero-order valence-electron chi connectivity index (χ0n) is 12.5. The van der Waals surface area contributed by atoms with Gasteiger partial charge in [0.15, 0.2) is 5.60 Å². The number of amides is 1. The van der Waals surface area contributed by atoms with E-state index in [0.29, 0.717) is 5.56 Å². The van der Waals surface area contributed by atoms with Crippen LogP contribution in [-0.4, -0.2) is 52.0 Å². The Bertz CT molecular complexity index is 624. The molecular weight excluding hydrogens is 331 g/mol. The number of ether oxygens (including phenoxy) is 1. The molecule has 0 aliphatic carbocycles. The SMILES string of the molecule is O=C(Cc1cccc(OC(F)(F)F)c1)N1CCC(O)(C(=O)O)CC1. The van der Waals surface area contributed by atoms with E-state index in [2.05, 4.69) is 4.74 Å². The van der Waals surface area contributed by atoms with Crippen molar-refractivity contribution in [1.82, 2.24) is 4.90 Å². The molecule has 6 nitrogen and oxygen atoms in total. The molecule has 2 rings (SSSR count). The quantitative estimate of drug-likeness (QED) is 0.863. The van der Waals surface area contributed by atoms with Crippen molar-refractivity contribution in [3.63, 3.8) is 0 Å². The minimum atomic E-state index is -4.81. The predicted molar refractivity (Wildman–Crippen MR) is 75.2 cm³/mol. The lowest BCUT2D eigenvalue weighted by Gasteiger charge is -2.35. The van der Waals surface area contributed by atoms with Crippen LogP contribution in [0.4, 0.5) is 13.2 Å². The number of nitrogens with zero attached hydrogens (tertiary/aromatic N) is 1. The lowest BCUT2D eigenvalue weighted by Crippen LogP contribution is -2.51. The Labute approximate surface area is 135 Å². The maximum absolute atomic E-state index is 12.2. The molecule has 2 N–H and O–H groups in total. The summed E-state index contributed by atoms with van der Waals surface area (Å²) >= 11 is 0. The maximum Gasteiger partial charge on any atom is 0.573 e. The van der Waals surface area contributed by atoms with Crippen LogP contribution in [0.2, 0.25) is 0 Å². The molecule has 0 radical (unpaired) electrons. The third-order valence-corrected chi connectivity index (χ3v) is 3.83. The lowest BCUT2D eigenvalue weighted by atomic mass is 9.91. The van der Waals surface area contributed by atoms with E-state index in [0.717, 1.165) is 12.1 Å². The van der Waals surface area contributed by atoms with Crippen molar-refractivity contribution < 1.29 is 37.7 Å². The number of hydrogen-bond donors (Lipinski definition) is 2. The summed E-state index contributed by atoms with van der Waals surface area (Å²) in [5, 5.41) is 18.7. The zero-order valence-corrected chi connectivity index (χ0v) is 12.5. The van der Waals surface area contributed by atoms with Crippen LogP contribution in [0.1, 0.15) is 18.4 Å². The number of rotatable bonds is 4. The number of likely N-dealkylation sites (tertiary alicyclic amines) is 1. The second-order valence-electron chi connectivity index (χ2n) is 5.59. The Balaban J connectivity index is 1.96. The number of halogens is 3. The van der Waals surface area contributed by atoms with Crippen LogP contribution in [0.15, 0.2) is 24.3 Å². The van der Waals surface area contributed by atoms with Gasteiger partial charge < -0.3 is 19.8 Å². The summed E-state index contributed by atoms with van der Waals surface area (Å²) in [4.78, 5) is 24.5. The van der Waals surface area contributed by atoms with Gasteiger partial charge in [0.2, 0.25) is 5.91 Å². The van der Waals surface area contributed by atoms with Crippen molar-refractivity contribution in [3.8, 4) is 5.75 Å². The van der Waals surface area contributed by atoms with Crippen LogP contribution < -0.4 is 4.74 Å². The molecule has 9 heteroatoms. The molecule has 0 saturated carbocycles. The van der Waals surface area contributed by atoms with Crippen LogP contribution in [0.3, 0.4) is 0 Å². The van der Waals surface area contributed by atoms with E-state index in [4.69, 9.17) is 5.11 Å². The third-order valence-electron chi connectivity index (χ3n) is 3.83. The summed E-state index contributed by atoms with van der Waals surface area (Å²) in [6.45, 7) is 0.140. The minimum Gasteiger partial charge on any atom is -0.479 e. The van der Waals surface area contributed by atoms with Gasteiger partial charge in [-0.25, -0.2) is 4.79 Å². The molecule has 0 unspecified atom stereocenters. The van der Waals surface area contributed by atoms with Crippen LogP contribution in [-0.2, 0) is 16.0 Å². The Morgan fingerprint density at radius 1 is 1.25 bits per heavy atom. The predicted octanol–water partition coefficient (Wildman–Crippen LogP) is 1.57. The van der Waals surface area contributed by atoms with E-state index in [1.165, 1.54) is 17.0 Å². The average molecular weight is 347 g/mol. The first kappa shape index (κ1) is 18.1. The Morgan fingerprint density at radius 3 is 2.42 bits per heavy atom. The smallest absolute Gasteiger partial charge is 0.479 e. The first-order chi connectivity index (χ1) is 11.1. The number of hydrogen-bond acceptors (Lipinski definition) is 4. The second kappa shape index (κ2) is 6.68. The molecular formula is C15H16F3NO5. The molecule has 132 valence electrons. The number of benzene rings is 1. The van der Waals surface area contributed by atoms with Crippen LogP contribution in [0.25, 0.3) is 0 Å². The van der Waals surface area contributed by atoms with Crippen molar-refractivity contribution in [2.24, 2.45) is 0 Å². The van der Waals surface area contributed by atoms with Gasteiger partial charge in [0.05, 0.1) is 6.42 Å². The number of carbonyl (C=O) groups excluding carboxylic acids is 1. The van der Waals surface area contributed by atoms with Crippen LogP contribution >= 0.6 is 0 Å². The fraction of sp³-hybridized carbons (Fsp3) is 0.467. The molecule has 1 amide bonds. The van der Waals surface area contributed by atoms with E-state index < -0.39 is 23.7 Å². The Morgan fingerprint density at radius 2 is 1.88 bits per heavy atom. The number of aliphatic hydroxyl groups is 1. The zero-order chi connectivity index (χ0) is 18.0. The van der Waals surface area contributed by atoms with E-state index in [1.54, 1.807) is 0 Å². The third kappa shape index (κ3) is 4.60. The second-order valence-corrected chi connectivity index (χ2v) is 5.59. The molecule has 24 heavy (non-hydrogen) atoms. The van der Waals surface area contributed by atoms with Crippen molar-refractivity contribution in [1.29, 1.82) is 0 Å². The summed E-state index contributed by atoms with van der Waals surface area (Å²) in [5.74, 6) is -2.09. The normalized spacial score (nSPS) is 17.4. The van der Waals surface area contributed by atoms with Gasteiger partial charge in [0.25, 0.3) is 0 Å². The van der Waals surface area contributed by atoms with Gasteiger partial charge in [-0.15, -0.1) is 13.2 Å². The molecule has 0 atom stereocenters. The van der Waals surface area contributed by atoms with Crippen molar-refractivity contribution >= 4 is 11.9 Å². The summed E-state index contributed by atoms with van der Waals surface area (Å²) in [5.41, 5.74) is -1.49. The Kier molecular flexibility index (Phi) is 5.02. The number of alkyl halides is 3. The molecule has 0 spiro atoms. The minimum absolute atomic E-state index is 0.0698. The van der Waals surface area contributed by atoms with Crippen LogP contribution in [0.5, 0.6) is 5.75 Å². The highest BCUT2D eigenvalue weighted by Gasteiger charge is 2.40. The van der Waals surface area contributed by atoms with E-state index in [9.17, 15) is 27.9 Å². The summed E-state index contributed by atoms with van der Waals surface area (Å²) < 4.78 is 40.4. The van der Waals surface area contributed by atoms with Gasteiger partial charge in [0, 0.05) is 25.9 Å². The Hall–Kier alpha value is -2.29. The van der Waals surface area contributed by atoms with Crippen molar-refractivity contribution in [2.45, 2.75) is 31.2 Å². The van der Waals surface area contributed by atoms with Gasteiger partial charge in [-0.1, -0.05) is 12.1 Å². The molecule has 1 fully saturated rings. The number of aliphatic carboxylic acids is 1. The molecule has 1 aliphatic heterocycles. The fourth-order valence-electron chi connectivity index (χ4n) is 2.48. The highest BCUT2D eigenvalue weighted by atomic mass is 19.4. The average Bonchev–Trinajstić information content (AvgIpc) is 2.46. The van der Waals surface area contributed by atoms with Gasteiger partial charge >= 0.3 is 12.3 Å². The number of carbonyl (C=O) groups is 2. The molecule has 1 heterocycles. The number of carboxylic acid groups (broad SMARTS) is 1. The molecule has 1 saturated heterocycles. The molecule has 0 bridgehead atoms. The monoisotopic (exact) mass is 347 g/mol. The molecule has 1 aromatic rings. The lowest BCUT2D eigenvalue weighted by molar-refractivity contribution is -0.274. The topological polar surface area (TPSA) is 87.1 Å². The van der Waals surface area contributed by atoms with Crippen molar-refractivity contribution in [2.75, 3.05) is 13.1 Å². The molecule has 0 aromatic heterocycles. The van der Waals surface area contributed by atoms with Gasteiger partial charge in [0.1, 0.15) is 5.75 Å². The first-order valence-electron chi connectivity index (χ1n) is 7.17. The summed E-state index contributed by atoms with van der Waals surface area (Å²) in [6.07, 6.45) is -5.13.